The Morgan fingerprint density at radius 2 is 0.984 bits per heavy atom. The van der Waals surface area contributed by atoms with Crippen molar-refractivity contribution < 1.29 is 32.9 Å². The lowest BCUT2D eigenvalue weighted by atomic mass is 10.0. The Morgan fingerprint density at radius 3 is 1.44 bits per heavy atom. The number of likely N-dealkylation sites (N-methyl/N-ethyl adjacent to an activating group) is 1. The molecule has 0 fully saturated rings. The van der Waals surface area contributed by atoms with Crippen molar-refractivity contribution in [1.82, 2.24) is 5.32 Å². The lowest BCUT2D eigenvalue weighted by Gasteiger charge is -2.29. The summed E-state index contributed by atoms with van der Waals surface area (Å²) < 4.78 is 23.3. The van der Waals surface area contributed by atoms with Crippen LogP contribution in [0.2, 0.25) is 0 Å². The number of amides is 1. The van der Waals surface area contributed by atoms with E-state index >= 15 is 0 Å². The van der Waals surface area contributed by atoms with E-state index in [0.717, 1.165) is 83.5 Å². The van der Waals surface area contributed by atoms with Crippen molar-refractivity contribution in [3.8, 4) is 0 Å². The monoisotopic (exact) mass is 889 g/mol. The van der Waals surface area contributed by atoms with Crippen LogP contribution in [0.5, 0.6) is 0 Å². The maximum atomic E-state index is 12.9. The molecule has 0 radical (unpaired) electrons. The smallest absolute Gasteiger partial charge is 0.268 e. The molecule has 0 spiro atoms. The second kappa shape index (κ2) is 44.2. The van der Waals surface area contributed by atoms with Gasteiger partial charge in [0.1, 0.15) is 13.2 Å². The first kappa shape index (κ1) is 59.9. The summed E-state index contributed by atoms with van der Waals surface area (Å²) in [5.74, 6) is -0.211. The highest BCUT2D eigenvalue weighted by Crippen LogP contribution is 2.38. The molecule has 0 aliphatic carbocycles. The average molecular weight is 889 g/mol. The molecule has 62 heavy (non-hydrogen) atoms. The third-order valence-electron chi connectivity index (χ3n) is 10.9. The molecule has 360 valence electrons. The fourth-order valence-corrected chi connectivity index (χ4v) is 7.67. The molecule has 0 aromatic carbocycles. The number of hydrogen-bond donors (Lipinski definition) is 2. The summed E-state index contributed by atoms with van der Waals surface area (Å²) >= 11 is 0. The van der Waals surface area contributed by atoms with Crippen molar-refractivity contribution in [1.29, 1.82) is 0 Å². The Kier molecular flexibility index (Phi) is 42.7. The van der Waals surface area contributed by atoms with Gasteiger partial charge >= 0.3 is 0 Å². The van der Waals surface area contributed by atoms with Crippen LogP contribution < -0.4 is 10.2 Å². The van der Waals surface area contributed by atoms with Gasteiger partial charge in [-0.25, -0.2) is 0 Å². The van der Waals surface area contributed by atoms with Crippen LogP contribution in [-0.2, 0) is 18.4 Å². The quantitative estimate of drug-likeness (QED) is 0.0273. The highest BCUT2D eigenvalue weighted by atomic mass is 31.2. The minimum Gasteiger partial charge on any atom is -0.756 e. The molecule has 3 unspecified atom stereocenters. The Hall–Kier alpha value is -2.06. The van der Waals surface area contributed by atoms with E-state index in [2.05, 4.69) is 79.9 Å². The summed E-state index contributed by atoms with van der Waals surface area (Å²) in [6, 6.07) is -0.896. The fraction of sp³-hybridized carbons (Fsp3) is 0.755. The van der Waals surface area contributed by atoms with Gasteiger partial charge in [0.25, 0.3) is 7.82 Å². The van der Waals surface area contributed by atoms with E-state index in [1.165, 1.54) is 103 Å². The molecular weight excluding hydrogens is 792 g/mol. The van der Waals surface area contributed by atoms with Gasteiger partial charge in [0.2, 0.25) is 5.91 Å². The van der Waals surface area contributed by atoms with Crippen molar-refractivity contribution in [2.45, 2.75) is 219 Å². The Bertz CT molecular complexity index is 1240. The van der Waals surface area contributed by atoms with Gasteiger partial charge in [-0.05, 0) is 64.2 Å². The van der Waals surface area contributed by atoms with Crippen LogP contribution in [0.4, 0.5) is 0 Å². The van der Waals surface area contributed by atoms with E-state index < -0.39 is 20.0 Å². The number of nitrogens with zero attached hydrogens (tertiary/aromatic N) is 1. The van der Waals surface area contributed by atoms with Crippen LogP contribution in [0.3, 0.4) is 0 Å². The summed E-state index contributed by atoms with van der Waals surface area (Å²) in [6.45, 7) is 4.52. The number of quaternary nitrogens is 1. The molecule has 0 saturated heterocycles. The first-order chi connectivity index (χ1) is 30.0. The average Bonchev–Trinajstić information content (AvgIpc) is 3.23. The maximum absolute atomic E-state index is 12.9. The molecule has 0 heterocycles. The Labute approximate surface area is 383 Å². The zero-order chi connectivity index (χ0) is 45.7. The van der Waals surface area contributed by atoms with E-state index in [-0.39, 0.29) is 19.1 Å². The van der Waals surface area contributed by atoms with E-state index in [1.807, 2.05) is 27.2 Å². The number of phosphoric ester groups is 1. The minimum atomic E-state index is -4.60. The normalized spacial score (nSPS) is 14.8. The predicted octanol–water partition coefficient (Wildman–Crippen LogP) is 14.1. The fourth-order valence-electron chi connectivity index (χ4n) is 6.94. The number of aliphatic hydroxyl groups excluding tert-OH is 1. The largest absolute Gasteiger partial charge is 0.756 e. The third kappa shape index (κ3) is 45.9. The van der Waals surface area contributed by atoms with Crippen molar-refractivity contribution >= 4 is 13.7 Å². The summed E-state index contributed by atoms with van der Waals surface area (Å²) in [7, 11) is 1.24. The summed E-state index contributed by atoms with van der Waals surface area (Å²) in [4.78, 5) is 25.4. The molecule has 9 heteroatoms. The van der Waals surface area contributed by atoms with Gasteiger partial charge in [-0.15, -0.1) is 0 Å². The zero-order valence-electron chi connectivity index (χ0n) is 40.8. The standard InChI is InChI=1S/C53H97N2O6P/c1-6-8-10-12-14-16-18-20-22-24-25-26-27-28-29-31-33-35-37-39-41-43-45-47-53(57)54-51(50-61-62(58,59)60-49-48-55(3,4)5)52(56)46-44-42-40-38-36-34-32-30-23-21-19-17-15-13-11-9-7-2/h8,10,14,16,20,22,25-26,28-29,44,46,51-52,56H,6-7,9,11-13,15,17-19,21,23-24,27,30-43,45,47-50H2,1-5H3,(H-,54,57,58,59)/b10-8-,16-14-,22-20-,26-25-,29-28-,46-44+. The number of hydrogen-bond acceptors (Lipinski definition) is 6. The van der Waals surface area contributed by atoms with Gasteiger partial charge in [-0.3, -0.25) is 9.36 Å². The molecule has 0 bridgehead atoms. The van der Waals surface area contributed by atoms with Gasteiger partial charge in [-0.1, -0.05) is 209 Å². The Balaban J connectivity index is 4.36. The SMILES string of the molecule is CC/C=C\C/C=C\C/C=C\C/C=C\C/C=C\CCCCCCCCCC(=O)NC(COP(=O)([O-])OCC[N+](C)(C)C)C(O)/C=C/CCCCCCCCCCCCCCCCC. The molecular formula is C53H97N2O6P. The van der Waals surface area contributed by atoms with E-state index in [4.69, 9.17) is 9.05 Å². The number of phosphoric acid groups is 1. The molecule has 0 aromatic heterocycles. The zero-order valence-corrected chi connectivity index (χ0v) is 41.7. The van der Waals surface area contributed by atoms with Crippen LogP contribution in [0.15, 0.2) is 72.9 Å². The lowest BCUT2D eigenvalue weighted by molar-refractivity contribution is -0.870. The number of carbonyl (C=O) groups excluding carboxylic acids is 1. The molecule has 0 aliphatic rings. The molecule has 2 N–H and O–H groups in total. The summed E-state index contributed by atoms with van der Waals surface area (Å²) in [5, 5.41) is 13.8. The molecule has 0 rings (SSSR count). The highest BCUT2D eigenvalue weighted by molar-refractivity contribution is 7.45. The van der Waals surface area contributed by atoms with Crippen LogP contribution in [-0.4, -0.2) is 68.5 Å². The molecule has 0 aromatic rings. The predicted molar refractivity (Wildman–Crippen MR) is 265 cm³/mol. The van der Waals surface area contributed by atoms with Crippen molar-refractivity contribution in [3.05, 3.63) is 72.9 Å². The Morgan fingerprint density at radius 1 is 0.581 bits per heavy atom. The van der Waals surface area contributed by atoms with Crippen LogP contribution >= 0.6 is 7.82 Å². The van der Waals surface area contributed by atoms with Gasteiger partial charge in [0.05, 0.1) is 39.9 Å². The molecule has 1 amide bonds. The summed E-state index contributed by atoms with van der Waals surface area (Å²) in [5.41, 5.74) is 0. The maximum Gasteiger partial charge on any atom is 0.268 e. The topological polar surface area (TPSA) is 108 Å². The van der Waals surface area contributed by atoms with Crippen molar-refractivity contribution in [2.24, 2.45) is 0 Å². The van der Waals surface area contributed by atoms with Gasteiger partial charge in [0.15, 0.2) is 0 Å². The third-order valence-corrected chi connectivity index (χ3v) is 11.9. The molecule has 0 saturated carbocycles. The number of rotatable bonds is 45. The van der Waals surface area contributed by atoms with Gasteiger partial charge in [0, 0.05) is 6.42 Å². The second-order valence-corrected chi connectivity index (χ2v) is 19.6. The first-order valence-corrected chi connectivity index (χ1v) is 26.8. The highest BCUT2D eigenvalue weighted by Gasteiger charge is 2.23. The van der Waals surface area contributed by atoms with Crippen molar-refractivity contribution in [3.63, 3.8) is 0 Å². The van der Waals surface area contributed by atoms with Gasteiger partial charge in [-0.2, -0.15) is 0 Å². The number of allylic oxidation sites excluding steroid dienone is 11. The lowest BCUT2D eigenvalue weighted by Crippen LogP contribution is -2.45. The van der Waals surface area contributed by atoms with E-state index in [9.17, 15) is 19.4 Å². The van der Waals surface area contributed by atoms with Crippen molar-refractivity contribution in [2.75, 3.05) is 40.9 Å². The molecule has 0 aliphatic heterocycles. The number of unbranched alkanes of at least 4 members (excludes halogenated alkanes) is 22. The first-order valence-electron chi connectivity index (χ1n) is 25.3. The van der Waals surface area contributed by atoms with Gasteiger partial charge < -0.3 is 28.8 Å². The second-order valence-electron chi connectivity index (χ2n) is 18.1. The molecule has 3 atom stereocenters. The number of aliphatic hydroxyl groups is 1. The van der Waals surface area contributed by atoms with Crippen LogP contribution in [0.25, 0.3) is 0 Å². The molecule has 8 nitrogen and oxygen atoms in total. The van der Waals surface area contributed by atoms with E-state index in [0.29, 0.717) is 17.4 Å². The number of nitrogens with one attached hydrogen (secondary N) is 1. The van der Waals surface area contributed by atoms with Crippen LogP contribution in [0, 0.1) is 0 Å². The van der Waals surface area contributed by atoms with E-state index in [1.54, 1.807) is 6.08 Å². The van der Waals surface area contributed by atoms with Crippen LogP contribution in [0.1, 0.15) is 206 Å². The summed E-state index contributed by atoms with van der Waals surface area (Å²) in [6.07, 6.45) is 59.5. The number of carbonyl (C=O) groups is 1. The minimum absolute atomic E-state index is 0.00663.